The van der Waals surface area contributed by atoms with Crippen molar-refractivity contribution in [2.75, 3.05) is 12.9 Å². The maximum Gasteiger partial charge on any atom is 0.253 e. The third kappa shape index (κ3) is 5.07. The van der Waals surface area contributed by atoms with Crippen LogP contribution in [0.1, 0.15) is 50.8 Å². The molecule has 0 bridgehead atoms. The summed E-state index contributed by atoms with van der Waals surface area (Å²) in [6, 6.07) is 17.3. The largest absolute Gasteiger partial charge is 0.497 e. The van der Waals surface area contributed by atoms with Crippen molar-refractivity contribution in [3.05, 3.63) is 88.1 Å². The molecule has 1 aliphatic rings. The lowest BCUT2D eigenvalue weighted by Crippen LogP contribution is -2.28. The van der Waals surface area contributed by atoms with Gasteiger partial charge < -0.3 is 10.5 Å². The number of aromatic nitrogens is 1. The van der Waals surface area contributed by atoms with Gasteiger partial charge in [0, 0.05) is 12.1 Å². The zero-order valence-corrected chi connectivity index (χ0v) is 21.1. The van der Waals surface area contributed by atoms with Crippen LogP contribution < -0.4 is 10.5 Å². The molecule has 0 radical (unpaired) electrons. The number of benzene rings is 2. The number of thioether (sulfide) groups is 1. The van der Waals surface area contributed by atoms with Crippen molar-refractivity contribution in [3.63, 3.8) is 0 Å². The van der Waals surface area contributed by atoms with Gasteiger partial charge in [-0.15, -0.1) is 0 Å². The van der Waals surface area contributed by atoms with Gasteiger partial charge in [-0.3, -0.25) is 9.59 Å². The Morgan fingerprint density at radius 3 is 2.37 bits per heavy atom. The molecule has 0 aliphatic carbocycles. The molecule has 3 aromatic rings. The predicted octanol–water partition coefficient (Wildman–Crippen LogP) is 4.58. The number of carbonyl (C=O) groups is 2. The van der Waals surface area contributed by atoms with E-state index in [2.05, 4.69) is 4.98 Å². The summed E-state index contributed by atoms with van der Waals surface area (Å²) < 4.78 is 5.29. The topological polar surface area (TPSA) is 97.9 Å². The molecule has 0 spiro atoms. The minimum atomic E-state index is -0.547. The lowest BCUT2D eigenvalue weighted by Gasteiger charge is -2.22. The second-order valence-electron chi connectivity index (χ2n) is 8.42. The molecule has 180 valence electrons. The molecule has 0 fully saturated rings. The molecular formula is C27H28N4O3S. The summed E-state index contributed by atoms with van der Waals surface area (Å²) in [5.41, 5.74) is 11.3. The molecule has 2 amide bonds. The Labute approximate surface area is 209 Å². The first-order chi connectivity index (χ1) is 16.8. The summed E-state index contributed by atoms with van der Waals surface area (Å²) in [7, 11) is 1.62. The number of methoxy groups -OCH3 is 1. The van der Waals surface area contributed by atoms with Crippen LogP contribution in [0.4, 0.5) is 0 Å². The predicted molar refractivity (Wildman–Crippen MR) is 138 cm³/mol. The SMILES string of the molecule is COc1ccc([C@@H]2CC(c3ccccc3)=NN2C(=O)CSc2nc(C)c(C)c(C)c2C(N)=O)cc1. The summed E-state index contributed by atoms with van der Waals surface area (Å²) >= 11 is 1.22. The fourth-order valence-electron chi connectivity index (χ4n) is 4.13. The smallest absolute Gasteiger partial charge is 0.253 e. The Hall–Kier alpha value is -3.65. The van der Waals surface area contributed by atoms with Gasteiger partial charge in [-0.1, -0.05) is 54.2 Å². The minimum absolute atomic E-state index is 0.0768. The van der Waals surface area contributed by atoms with E-state index >= 15 is 0 Å². The highest BCUT2D eigenvalue weighted by Crippen LogP contribution is 2.35. The molecule has 8 heteroatoms. The van der Waals surface area contributed by atoms with Crippen molar-refractivity contribution in [1.82, 2.24) is 9.99 Å². The van der Waals surface area contributed by atoms with E-state index in [4.69, 9.17) is 15.6 Å². The molecule has 0 unspecified atom stereocenters. The van der Waals surface area contributed by atoms with Crippen LogP contribution in [0, 0.1) is 20.8 Å². The Bertz CT molecular complexity index is 1290. The summed E-state index contributed by atoms with van der Waals surface area (Å²) in [4.78, 5) is 30.1. The third-order valence-electron chi connectivity index (χ3n) is 6.32. The number of hydrazone groups is 1. The Morgan fingerprint density at radius 1 is 1.06 bits per heavy atom. The van der Waals surface area contributed by atoms with Crippen molar-refractivity contribution in [3.8, 4) is 5.75 Å². The van der Waals surface area contributed by atoms with E-state index in [1.165, 1.54) is 11.8 Å². The van der Waals surface area contributed by atoms with Gasteiger partial charge >= 0.3 is 0 Å². The monoisotopic (exact) mass is 488 g/mol. The van der Waals surface area contributed by atoms with Gasteiger partial charge in [0.1, 0.15) is 10.8 Å². The van der Waals surface area contributed by atoms with E-state index in [1.54, 1.807) is 12.1 Å². The van der Waals surface area contributed by atoms with Crippen molar-refractivity contribution in [1.29, 1.82) is 0 Å². The van der Waals surface area contributed by atoms with Gasteiger partial charge in [0.05, 0.1) is 30.2 Å². The molecule has 0 saturated carbocycles. The fourth-order valence-corrected chi connectivity index (χ4v) is 5.13. The van der Waals surface area contributed by atoms with Gasteiger partial charge in [0.2, 0.25) is 0 Å². The number of amides is 2. The quantitative estimate of drug-likeness (QED) is 0.491. The molecule has 1 aliphatic heterocycles. The first kappa shape index (κ1) is 24.5. The highest BCUT2D eigenvalue weighted by molar-refractivity contribution is 8.00. The zero-order valence-electron chi connectivity index (χ0n) is 20.2. The molecule has 0 saturated heterocycles. The number of ether oxygens (including phenoxy) is 1. The maximum atomic E-state index is 13.4. The van der Waals surface area contributed by atoms with E-state index in [9.17, 15) is 9.59 Å². The molecule has 4 rings (SSSR count). The second kappa shape index (κ2) is 10.3. The number of hydrogen-bond acceptors (Lipinski definition) is 6. The van der Waals surface area contributed by atoms with E-state index in [0.29, 0.717) is 17.0 Å². The lowest BCUT2D eigenvalue weighted by atomic mass is 9.98. The van der Waals surface area contributed by atoms with Crippen molar-refractivity contribution in [2.45, 2.75) is 38.3 Å². The standard InChI is InChI=1S/C27H28N4O3S/c1-16-17(2)25(26(28)33)27(29-18(16)3)35-15-24(32)31-23(20-10-12-21(34-4)13-11-20)14-22(30-31)19-8-6-5-7-9-19/h5-13,23H,14-15H2,1-4H3,(H2,28,33)/t23-/m0/s1. The number of nitrogens with zero attached hydrogens (tertiary/aromatic N) is 3. The average Bonchev–Trinajstić information content (AvgIpc) is 3.32. The van der Waals surface area contributed by atoms with Gasteiger partial charge in [0.15, 0.2) is 0 Å². The Balaban J connectivity index is 1.62. The average molecular weight is 489 g/mol. The maximum absolute atomic E-state index is 13.4. The molecule has 2 aromatic carbocycles. The van der Waals surface area contributed by atoms with Crippen LogP contribution >= 0.6 is 11.8 Å². The number of pyridine rings is 1. The van der Waals surface area contributed by atoms with E-state index < -0.39 is 5.91 Å². The van der Waals surface area contributed by atoms with Crippen LogP contribution in [-0.2, 0) is 4.79 Å². The molecule has 35 heavy (non-hydrogen) atoms. The highest BCUT2D eigenvalue weighted by Gasteiger charge is 2.33. The number of aryl methyl sites for hydroxylation is 1. The summed E-state index contributed by atoms with van der Waals surface area (Å²) in [5.74, 6) is 0.108. The third-order valence-corrected chi connectivity index (χ3v) is 7.28. The lowest BCUT2D eigenvalue weighted by molar-refractivity contribution is -0.130. The van der Waals surface area contributed by atoms with Crippen LogP contribution in [0.3, 0.4) is 0 Å². The van der Waals surface area contributed by atoms with Crippen LogP contribution in [0.15, 0.2) is 64.7 Å². The van der Waals surface area contributed by atoms with Crippen LogP contribution in [0.25, 0.3) is 0 Å². The van der Waals surface area contributed by atoms with Crippen LogP contribution in [0.2, 0.25) is 0 Å². The molecule has 1 aromatic heterocycles. The Kier molecular flexibility index (Phi) is 7.21. The summed E-state index contributed by atoms with van der Waals surface area (Å²) in [5, 5.41) is 6.74. The van der Waals surface area contributed by atoms with Gasteiger partial charge in [-0.2, -0.15) is 5.10 Å². The molecule has 1 atom stereocenters. The van der Waals surface area contributed by atoms with Crippen LogP contribution in [-0.4, -0.2) is 40.4 Å². The Morgan fingerprint density at radius 2 is 1.74 bits per heavy atom. The van der Waals surface area contributed by atoms with Gasteiger partial charge in [-0.05, 0) is 55.2 Å². The van der Waals surface area contributed by atoms with E-state index in [1.807, 2.05) is 75.4 Å². The molecule has 7 nitrogen and oxygen atoms in total. The number of carbonyl (C=O) groups excluding carboxylic acids is 2. The normalized spacial score (nSPS) is 15.1. The number of hydrogen-bond donors (Lipinski definition) is 1. The number of nitrogens with two attached hydrogens (primary N) is 1. The summed E-state index contributed by atoms with van der Waals surface area (Å²) in [6.07, 6.45) is 0.598. The van der Waals surface area contributed by atoms with Crippen LogP contribution in [0.5, 0.6) is 5.75 Å². The highest BCUT2D eigenvalue weighted by atomic mass is 32.2. The number of rotatable bonds is 7. The first-order valence-corrected chi connectivity index (χ1v) is 12.3. The second-order valence-corrected chi connectivity index (χ2v) is 9.39. The minimum Gasteiger partial charge on any atom is -0.497 e. The van der Waals surface area contributed by atoms with E-state index in [-0.39, 0.29) is 17.7 Å². The first-order valence-electron chi connectivity index (χ1n) is 11.3. The number of primary amides is 1. The van der Waals surface area contributed by atoms with E-state index in [0.717, 1.165) is 39.4 Å². The van der Waals surface area contributed by atoms with Gasteiger partial charge in [0.25, 0.3) is 11.8 Å². The molecular weight excluding hydrogens is 460 g/mol. The molecule has 2 heterocycles. The fraction of sp³-hybridized carbons (Fsp3) is 0.259. The van der Waals surface area contributed by atoms with Gasteiger partial charge in [-0.25, -0.2) is 9.99 Å². The van der Waals surface area contributed by atoms with Crippen molar-refractivity contribution in [2.24, 2.45) is 10.8 Å². The summed E-state index contributed by atoms with van der Waals surface area (Å²) in [6.45, 7) is 5.65. The molecule has 2 N–H and O–H groups in total. The van der Waals surface area contributed by atoms with Crippen molar-refractivity contribution < 1.29 is 14.3 Å². The zero-order chi connectivity index (χ0) is 25.1. The van der Waals surface area contributed by atoms with Crippen molar-refractivity contribution >= 4 is 29.3 Å².